The summed E-state index contributed by atoms with van der Waals surface area (Å²) in [5, 5.41) is 9.39. The number of amides is 1. The van der Waals surface area contributed by atoms with Gasteiger partial charge < -0.3 is 14.6 Å². The summed E-state index contributed by atoms with van der Waals surface area (Å²) in [6.07, 6.45) is -2.84. The molecule has 0 saturated carbocycles. The van der Waals surface area contributed by atoms with Gasteiger partial charge in [0, 0.05) is 24.5 Å². The third-order valence-corrected chi connectivity index (χ3v) is 4.31. The molecule has 1 aliphatic rings. The number of aryl methyl sites for hydroxylation is 1. The lowest BCUT2D eigenvalue weighted by atomic mass is 10.1. The summed E-state index contributed by atoms with van der Waals surface area (Å²) >= 11 is 0. The Morgan fingerprint density at radius 1 is 1.24 bits per heavy atom. The predicted molar refractivity (Wildman–Crippen MR) is 84.0 cm³/mol. The number of carboxylic acid groups (broad SMARTS) is 1. The van der Waals surface area contributed by atoms with Crippen LogP contribution in [0, 0.1) is 6.92 Å². The molecule has 0 unspecified atom stereocenters. The van der Waals surface area contributed by atoms with E-state index >= 15 is 0 Å². The number of aromatic nitrogens is 1. The van der Waals surface area contributed by atoms with Crippen LogP contribution in [0.25, 0.3) is 0 Å². The number of carbonyl (C=O) groups is 2. The number of carboxylic acids is 1. The van der Waals surface area contributed by atoms with E-state index < -0.39 is 23.6 Å². The Morgan fingerprint density at radius 3 is 2.36 bits per heavy atom. The van der Waals surface area contributed by atoms with E-state index in [1.165, 1.54) is 17.0 Å². The molecule has 8 heteroatoms. The highest BCUT2D eigenvalue weighted by molar-refractivity contribution is 6.12. The van der Waals surface area contributed by atoms with Gasteiger partial charge in [0.15, 0.2) is 0 Å². The minimum atomic E-state index is -4.46. The van der Waals surface area contributed by atoms with Crippen LogP contribution in [0.4, 0.5) is 18.9 Å². The van der Waals surface area contributed by atoms with Gasteiger partial charge in [-0.3, -0.25) is 4.79 Å². The zero-order chi connectivity index (χ0) is 18.5. The molecular weight excluding hydrogens is 337 g/mol. The van der Waals surface area contributed by atoms with Crippen LogP contribution in [0.2, 0.25) is 0 Å². The molecule has 0 spiro atoms. The lowest BCUT2D eigenvalue weighted by Crippen LogP contribution is -2.42. The maximum Gasteiger partial charge on any atom is 0.416 e. The number of anilines is 1. The van der Waals surface area contributed by atoms with Crippen molar-refractivity contribution >= 4 is 17.6 Å². The normalized spacial score (nSPS) is 17.6. The highest BCUT2D eigenvalue weighted by Crippen LogP contribution is 2.34. The monoisotopic (exact) mass is 352 g/mol. The molecule has 0 saturated heterocycles. The zero-order valence-corrected chi connectivity index (χ0v) is 13.5. The molecule has 0 fully saturated rings. The van der Waals surface area contributed by atoms with E-state index in [-0.39, 0.29) is 23.8 Å². The minimum Gasteiger partial charge on any atom is -0.478 e. The van der Waals surface area contributed by atoms with Crippen molar-refractivity contribution in [3.8, 4) is 0 Å². The van der Waals surface area contributed by atoms with Crippen LogP contribution in [0.3, 0.4) is 0 Å². The molecule has 0 aliphatic carbocycles. The maximum absolute atomic E-state index is 12.8. The molecule has 3 rings (SSSR count). The Morgan fingerprint density at radius 2 is 1.84 bits per heavy atom. The number of nitrogens with zero attached hydrogens (tertiary/aromatic N) is 2. The van der Waals surface area contributed by atoms with Crippen molar-refractivity contribution in [1.29, 1.82) is 0 Å². The second-order valence-electron chi connectivity index (χ2n) is 6.06. The number of hydrogen-bond donors (Lipinski definition) is 1. The second-order valence-corrected chi connectivity index (χ2v) is 6.06. The molecule has 25 heavy (non-hydrogen) atoms. The molecule has 1 atom stereocenters. The Bertz CT molecular complexity index is 853. The smallest absolute Gasteiger partial charge is 0.416 e. The average molecular weight is 352 g/mol. The van der Waals surface area contributed by atoms with E-state index in [9.17, 15) is 27.9 Å². The fraction of sp³-hybridized carbons (Fsp3) is 0.294. The van der Waals surface area contributed by atoms with Gasteiger partial charge in [0.05, 0.1) is 11.1 Å². The number of fused-ring (bicyclic) bond motifs is 1. The molecule has 2 aromatic rings. The van der Waals surface area contributed by atoms with Gasteiger partial charge in [-0.1, -0.05) is 0 Å². The first-order valence-electron chi connectivity index (χ1n) is 7.55. The highest BCUT2D eigenvalue weighted by Gasteiger charge is 2.36. The largest absolute Gasteiger partial charge is 0.478 e. The van der Waals surface area contributed by atoms with Crippen molar-refractivity contribution in [1.82, 2.24) is 4.57 Å². The van der Waals surface area contributed by atoms with Crippen LogP contribution >= 0.6 is 0 Å². The summed E-state index contributed by atoms with van der Waals surface area (Å²) < 4.78 is 39.7. The number of rotatable bonds is 2. The van der Waals surface area contributed by atoms with Crippen LogP contribution in [0.15, 0.2) is 30.5 Å². The lowest BCUT2D eigenvalue weighted by molar-refractivity contribution is -0.137. The van der Waals surface area contributed by atoms with E-state index in [1.54, 1.807) is 17.7 Å². The fourth-order valence-corrected chi connectivity index (χ4v) is 3.10. The summed E-state index contributed by atoms with van der Waals surface area (Å²) in [4.78, 5) is 25.6. The molecule has 132 valence electrons. The van der Waals surface area contributed by atoms with Crippen molar-refractivity contribution in [2.75, 3.05) is 11.4 Å². The fourth-order valence-electron chi connectivity index (χ4n) is 3.10. The van der Waals surface area contributed by atoms with E-state index in [4.69, 9.17) is 0 Å². The van der Waals surface area contributed by atoms with Gasteiger partial charge in [-0.25, -0.2) is 4.79 Å². The van der Waals surface area contributed by atoms with Crippen LogP contribution in [-0.4, -0.2) is 28.1 Å². The number of halogens is 3. The Balaban J connectivity index is 2.04. The number of alkyl halides is 3. The topological polar surface area (TPSA) is 62.5 Å². The van der Waals surface area contributed by atoms with E-state index in [0.717, 1.165) is 12.1 Å². The minimum absolute atomic E-state index is 0.0450. The second kappa shape index (κ2) is 5.65. The van der Waals surface area contributed by atoms with Gasteiger partial charge in [0.25, 0.3) is 5.91 Å². The van der Waals surface area contributed by atoms with Crippen molar-refractivity contribution in [2.45, 2.75) is 26.1 Å². The van der Waals surface area contributed by atoms with Gasteiger partial charge in [-0.2, -0.15) is 13.2 Å². The molecule has 0 radical (unpaired) electrons. The van der Waals surface area contributed by atoms with Crippen LogP contribution in [-0.2, 0) is 6.18 Å². The summed E-state index contributed by atoms with van der Waals surface area (Å²) in [6.45, 7) is 3.67. The highest BCUT2D eigenvalue weighted by atomic mass is 19.4. The third-order valence-electron chi connectivity index (χ3n) is 4.31. The first kappa shape index (κ1) is 17.1. The van der Waals surface area contributed by atoms with Crippen LogP contribution in [0.1, 0.15) is 44.9 Å². The Kier molecular flexibility index (Phi) is 3.85. The molecule has 1 amide bonds. The predicted octanol–water partition coefficient (Wildman–Crippen LogP) is 3.73. The van der Waals surface area contributed by atoms with Gasteiger partial charge >= 0.3 is 12.1 Å². The van der Waals surface area contributed by atoms with Crippen molar-refractivity contribution < 1.29 is 27.9 Å². The van der Waals surface area contributed by atoms with Crippen molar-refractivity contribution in [3.05, 3.63) is 52.8 Å². The van der Waals surface area contributed by atoms with Crippen LogP contribution in [0.5, 0.6) is 0 Å². The molecular formula is C17H15F3N2O3. The quantitative estimate of drug-likeness (QED) is 0.896. The molecule has 2 heterocycles. The summed E-state index contributed by atoms with van der Waals surface area (Å²) in [5.74, 6) is -1.75. The molecule has 0 bridgehead atoms. The first-order chi connectivity index (χ1) is 11.6. The lowest BCUT2D eigenvalue weighted by Gasteiger charge is -2.33. The van der Waals surface area contributed by atoms with E-state index in [2.05, 4.69) is 0 Å². The third kappa shape index (κ3) is 2.77. The zero-order valence-electron chi connectivity index (χ0n) is 13.5. The Hall–Kier alpha value is -2.77. The van der Waals surface area contributed by atoms with Gasteiger partial charge in [-0.05, 0) is 43.7 Å². The van der Waals surface area contributed by atoms with Crippen LogP contribution < -0.4 is 4.90 Å². The molecule has 5 nitrogen and oxygen atoms in total. The SMILES string of the molecule is Cc1cn2c(c1C(=O)O)C(=O)N(c1ccc(C(F)(F)F)cc1)C[C@@H]2C. The molecule has 1 aliphatic heterocycles. The van der Waals surface area contributed by atoms with Gasteiger partial charge in [-0.15, -0.1) is 0 Å². The number of hydrogen-bond acceptors (Lipinski definition) is 2. The standard InChI is InChI=1S/C17H15F3N2O3/c1-9-7-21-10(2)8-22(15(23)14(21)13(9)16(24)25)12-5-3-11(4-6-12)17(18,19)20/h3-7,10H,8H2,1-2H3,(H,24,25)/t10-/m0/s1. The summed E-state index contributed by atoms with van der Waals surface area (Å²) in [5.41, 5.74) is -0.0698. The first-order valence-corrected chi connectivity index (χ1v) is 7.55. The van der Waals surface area contributed by atoms with Gasteiger partial charge in [0.2, 0.25) is 0 Å². The molecule has 1 N–H and O–H groups in total. The van der Waals surface area contributed by atoms with E-state index in [0.29, 0.717) is 11.3 Å². The number of benzene rings is 1. The Labute approximate surface area is 141 Å². The summed E-state index contributed by atoms with van der Waals surface area (Å²) in [6, 6.07) is 4.05. The number of aromatic carboxylic acids is 1. The van der Waals surface area contributed by atoms with Crippen molar-refractivity contribution in [3.63, 3.8) is 0 Å². The average Bonchev–Trinajstić information content (AvgIpc) is 2.88. The van der Waals surface area contributed by atoms with Crippen molar-refractivity contribution in [2.24, 2.45) is 0 Å². The maximum atomic E-state index is 12.8. The van der Waals surface area contributed by atoms with E-state index in [1.807, 2.05) is 6.92 Å². The summed E-state index contributed by atoms with van der Waals surface area (Å²) in [7, 11) is 0. The van der Waals surface area contributed by atoms with Gasteiger partial charge in [0.1, 0.15) is 5.69 Å². The number of carbonyl (C=O) groups excluding carboxylic acids is 1. The molecule has 1 aromatic heterocycles. The molecule has 1 aromatic carbocycles.